The Kier molecular flexibility index (Phi) is 5.51. The molecule has 0 radical (unpaired) electrons. The van der Waals surface area contributed by atoms with Crippen molar-refractivity contribution in [2.75, 3.05) is 18.1 Å². The monoisotopic (exact) mass is 374 g/mol. The molecule has 3 rings (SSSR count). The third kappa shape index (κ3) is 4.37. The topological polar surface area (TPSA) is 85.2 Å². The van der Waals surface area contributed by atoms with Gasteiger partial charge in [0.25, 0.3) is 5.91 Å². The van der Waals surface area contributed by atoms with Gasteiger partial charge in [0.15, 0.2) is 15.5 Å². The van der Waals surface area contributed by atoms with Gasteiger partial charge < -0.3 is 4.90 Å². The summed E-state index contributed by atoms with van der Waals surface area (Å²) in [6, 6.07) is 9.62. The molecule has 2 heterocycles. The van der Waals surface area contributed by atoms with Crippen LogP contribution in [-0.4, -0.2) is 58.3 Å². The summed E-state index contributed by atoms with van der Waals surface area (Å²) in [5, 5.41) is 7.95. The van der Waals surface area contributed by atoms with E-state index in [1.807, 2.05) is 49.4 Å². The van der Waals surface area contributed by atoms with Gasteiger partial charge in [0, 0.05) is 12.6 Å². The highest BCUT2D eigenvalue weighted by molar-refractivity contribution is 7.91. The van der Waals surface area contributed by atoms with E-state index in [0.29, 0.717) is 19.5 Å². The van der Waals surface area contributed by atoms with E-state index in [-0.39, 0.29) is 29.1 Å². The van der Waals surface area contributed by atoms with Gasteiger partial charge in [-0.15, -0.1) is 5.10 Å². The number of aromatic nitrogens is 3. The first-order valence-electron chi connectivity index (χ1n) is 8.61. The molecule has 8 heteroatoms. The van der Waals surface area contributed by atoms with Crippen LogP contribution in [0.2, 0.25) is 0 Å². The zero-order valence-electron chi connectivity index (χ0n) is 14.7. The van der Waals surface area contributed by atoms with E-state index in [2.05, 4.69) is 10.3 Å². The Labute approximate surface area is 153 Å². The molecule has 1 unspecified atom stereocenters. The Morgan fingerprint density at radius 1 is 1.35 bits per heavy atom. The molecule has 0 N–H and O–H groups in total. The minimum absolute atomic E-state index is 0.0283. The largest absolute Gasteiger partial charge is 0.333 e. The molecule has 7 nitrogen and oxygen atoms in total. The standard InChI is InChI=1S/C18H22N4O3S/c1-2-22(16-10-12-26(24,25)14-16)18(23)17-13-21(20-19-17)11-6-9-15-7-4-3-5-8-15/h3-9,13,16H,2,10-12,14H2,1H3. The van der Waals surface area contributed by atoms with Crippen LogP contribution in [-0.2, 0) is 16.4 Å². The van der Waals surface area contributed by atoms with E-state index >= 15 is 0 Å². The van der Waals surface area contributed by atoms with E-state index in [4.69, 9.17) is 0 Å². The van der Waals surface area contributed by atoms with E-state index in [1.54, 1.807) is 15.8 Å². The van der Waals surface area contributed by atoms with Crippen molar-refractivity contribution < 1.29 is 13.2 Å². The molecule has 0 aliphatic carbocycles. The second kappa shape index (κ2) is 7.82. The smallest absolute Gasteiger partial charge is 0.276 e. The number of nitrogens with zero attached hydrogens (tertiary/aromatic N) is 4. The summed E-state index contributed by atoms with van der Waals surface area (Å²) in [6.45, 7) is 2.79. The number of allylic oxidation sites excluding steroid dienone is 1. The van der Waals surface area contributed by atoms with Gasteiger partial charge in [-0.1, -0.05) is 47.7 Å². The number of benzene rings is 1. The molecule has 1 aliphatic rings. The van der Waals surface area contributed by atoms with Crippen LogP contribution in [0.4, 0.5) is 0 Å². The Balaban J connectivity index is 1.64. The van der Waals surface area contributed by atoms with Gasteiger partial charge in [0.05, 0.1) is 24.2 Å². The average molecular weight is 374 g/mol. The molecule has 1 aromatic carbocycles. The molecule has 26 heavy (non-hydrogen) atoms. The van der Waals surface area contributed by atoms with Gasteiger partial charge in [-0.2, -0.15) is 0 Å². The maximum Gasteiger partial charge on any atom is 0.276 e. The van der Waals surface area contributed by atoms with Gasteiger partial charge in [0.2, 0.25) is 0 Å². The fourth-order valence-electron chi connectivity index (χ4n) is 3.08. The lowest BCUT2D eigenvalue weighted by Gasteiger charge is -2.25. The molecule has 1 aromatic heterocycles. The summed E-state index contributed by atoms with van der Waals surface area (Å²) in [7, 11) is -3.04. The lowest BCUT2D eigenvalue weighted by molar-refractivity contribution is 0.0702. The van der Waals surface area contributed by atoms with Crippen LogP contribution in [0.15, 0.2) is 42.6 Å². The molecule has 1 aliphatic heterocycles. The Hall–Kier alpha value is -2.48. The van der Waals surface area contributed by atoms with Crippen molar-refractivity contribution in [1.82, 2.24) is 19.9 Å². The third-order valence-corrected chi connectivity index (χ3v) is 6.16. The van der Waals surface area contributed by atoms with Crippen molar-refractivity contribution in [3.8, 4) is 0 Å². The van der Waals surface area contributed by atoms with Crippen molar-refractivity contribution in [2.24, 2.45) is 0 Å². The number of hydrogen-bond acceptors (Lipinski definition) is 5. The highest BCUT2D eigenvalue weighted by Gasteiger charge is 2.34. The quantitative estimate of drug-likeness (QED) is 0.767. The average Bonchev–Trinajstić information content (AvgIpc) is 3.23. The molecule has 138 valence electrons. The molecular weight excluding hydrogens is 352 g/mol. The summed E-state index contributed by atoms with van der Waals surface area (Å²) in [4.78, 5) is 14.3. The van der Waals surface area contributed by atoms with Gasteiger partial charge in [-0.05, 0) is 18.9 Å². The lowest BCUT2D eigenvalue weighted by Crippen LogP contribution is -2.41. The highest BCUT2D eigenvalue weighted by Crippen LogP contribution is 2.19. The summed E-state index contributed by atoms with van der Waals surface area (Å²) in [5.41, 5.74) is 1.33. The van der Waals surface area contributed by atoms with Gasteiger partial charge in [0.1, 0.15) is 0 Å². The molecule has 0 saturated carbocycles. The maximum atomic E-state index is 12.7. The zero-order chi connectivity index (χ0) is 18.6. The predicted octanol–water partition coefficient (Wildman–Crippen LogP) is 1.64. The maximum absolute atomic E-state index is 12.7. The first-order chi connectivity index (χ1) is 12.5. The fourth-order valence-corrected chi connectivity index (χ4v) is 4.81. The van der Waals surface area contributed by atoms with E-state index in [1.165, 1.54) is 0 Å². The van der Waals surface area contributed by atoms with E-state index < -0.39 is 9.84 Å². The first kappa shape index (κ1) is 18.3. The molecule has 1 fully saturated rings. The SMILES string of the molecule is CCN(C(=O)c1cn(CC=Cc2ccccc2)nn1)C1CCS(=O)(=O)C1. The second-order valence-electron chi connectivity index (χ2n) is 6.29. The Morgan fingerprint density at radius 2 is 2.12 bits per heavy atom. The normalized spacial score (nSPS) is 19.0. The summed E-state index contributed by atoms with van der Waals surface area (Å²) < 4.78 is 25.0. The number of rotatable bonds is 6. The van der Waals surface area contributed by atoms with Crippen molar-refractivity contribution in [2.45, 2.75) is 25.9 Å². The van der Waals surface area contributed by atoms with Crippen LogP contribution < -0.4 is 0 Å². The Bertz CT molecular complexity index is 890. The van der Waals surface area contributed by atoms with Crippen molar-refractivity contribution in [3.63, 3.8) is 0 Å². The summed E-state index contributed by atoms with van der Waals surface area (Å²) in [6.07, 6.45) is 6.00. The van der Waals surface area contributed by atoms with Crippen molar-refractivity contribution >= 4 is 21.8 Å². The highest BCUT2D eigenvalue weighted by atomic mass is 32.2. The molecule has 1 amide bonds. The predicted molar refractivity (Wildman–Crippen MR) is 99.3 cm³/mol. The van der Waals surface area contributed by atoms with Crippen LogP contribution >= 0.6 is 0 Å². The molecule has 1 saturated heterocycles. The summed E-state index contributed by atoms with van der Waals surface area (Å²) in [5.74, 6) is -0.105. The number of carbonyl (C=O) groups excluding carboxylic acids is 1. The van der Waals surface area contributed by atoms with Gasteiger partial charge >= 0.3 is 0 Å². The molecular formula is C18H22N4O3S. The molecule has 0 bridgehead atoms. The van der Waals surface area contributed by atoms with Crippen LogP contribution in [0.3, 0.4) is 0 Å². The second-order valence-corrected chi connectivity index (χ2v) is 8.52. The van der Waals surface area contributed by atoms with Crippen LogP contribution in [0.1, 0.15) is 29.4 Å². The summed E-state index contributed by atoms with van der Waals surface area (Å²) >= 11 is 0. The van der Waals surface area contributed by atoms with Crippen molar-refractivity contribution in [1.29, 1.82) is 0 Å². The molecule has 0 spiro atoms. The van der Waals surface area contributed by atoms with Gasteiger partial charge in [-0.3, -0.25) is 4.79 Å². The first-order valence-corrected chi connectivity index (χ1v) is 10.4. The van der Waals surface area contributed by atoms with Crippen molar-refractivity contribution in [3.05, 3.63) is 53.9 Å². The molecule has 2 aromatic rings. The lowest BCUT2D eigenvalue weighted by atomic mass is 10.2. The number of sulfone groups is 1. The van der Waals surface area contributed by atoms with Crippen LogP contribution in [0.5, 0.6) is 0 Å². The molecule has 1 atom stereocenters. The number of amides is 1. The minimum atomic E-state index is -3.04. The number of hydrogen-bond donors (Lipinski definition) is 0. The van der Waals surface area contributed by atoms with Crippen LogP contribution in [0.25, 0.3) is 6.08 Å². The van der Waals surface area contributed by atoms with Crippen LogP contribution in [0, 0.1) is 0 Å². The van der Waals surface area contributed by atoms with Gasteiger partial charge in [-0.25, -0.2) is 13.1 Å². The van der Waals surface area contributed by atoms with E-state index in [0.717, 1.165) is 5.56 Å². The van der Waals surface area contributed by atoms with E-state index in [9.17, 15) is 13.2 Å². The zero-order valence-corrected chi connectivity index (χ0v) is 15.5. The third-order valence-electron chi connectivity index (χ3n) is 4.41. The number of carbonyl (C=O) groups is 1. The Morgan fingerprint density at radius 3 is 2.77 bits per heavy atom. The fraction of sp³-hybridized carbons (Fsp3) is 0.389. The minimum Gasteiger partial charge on any atom is -0.333 e.